The van der Waals surface area contributed by atoms with Gasteiger partial charge in [-0.05, 0) is 37.5 Å². The second-order valence-corrected chi connectivity index (χ2v) is 7.70. The zero-order chi connectivity index (χ0) is 23.7. The SMILES string of the molecule is O=C(O)CCC/C=C\C[C@H]1C(=O)C[C@@H](O)[C@@H]1/C=C/[C@@H](O)COc1cccc(C(F)(F)F)c1. The normalized spacial score (nSPS) is 22.7. The van der Waals surface area contributed by atoms with E-state index in [0.717, 1.165) is 12.1 Å². The third kappa shape index (κ3) is 8.12. The number of carbonyl (C=O) groups excluding carboxylic acids is 1. The highest BCUT2D eigenvalue weighted by Gasteiger charge is 2.39. The summed E-state index contributed by atoms with van der Waals surface area (Å²) in [6, 6.07) is 4.32. The lowest BCUT2D eigenvalue weighted by atomic mass is 9.90. The van der Waals surface area contributed by atoms with E-state index in [1.807, 2.05) is 0 Å². The van der Waals surface area contributed by atoms with Crippen molar-refractivity contribution in [3.05, 3.63) is 54.1 Å². The van der Waals surface area contributed by atoms with Gasteiger partial charge in [-0.15, -0.1) is 0 Å². The molecule has 0 bridgehead atoms. The first-order chi connectivity index (χ1) is 15.1. The maximum Gasteiger partial charge on any atom is 0.416 e. The smallest absolute Gasteiger partial charge is 0.416 e. The van der Waals surface area contributed by atoms with Gasteiger partial charge in [-0.25, -0.2) is 0 Å². The number of aliphatic hydroxyl groups excluding tert-OH is 2. The molecule has 0 heterocycles. The van der Waals surface area contributed by atoms with E-state index in [9.17, 15) is 33.0 Å². The molecule has 6 nitrogen and oxygen atoms in total. The van der Waals surface area contributed by atoms with E-state index in [0.29, 0.717) is 19.3 Å². The van der Waals surface area contributed by atoms with Gasteiger partial charge >= 0.3 is 12.1 Å². The summed E-state index contributed by atoms with van der Waals surface area (Å²) in [5.41, 5.74) is -0.855. The molecule has 2 rings (SSSR count). The number of hydrogen-bond donors (Lipinski definition) is 3. The van der Waals surface area contributed by atoms with Crippen LogP contribution < -0.4 is 4.74 Å². The molecule has 0 radical (unpaired) electrons. The Kier molecular flexibility index (Phi) is 9.46. The van der Waals surface area contributed by atoms with Crippen LogP contribution in [0.15, 0.2) is 48.6 Å². The van der Waals surface area contributed by atoms with E-state index in [1.54, 1.807) is 18.2 Å². The largest absolute Gasteiger partial charge is 0.491 e. The third-order valence-corrected chi connectivity index (χ3v) is 5.19. The third-order valence-electron chi connectivity index (χ3n) is 5.19. The molecule has 1 fully saturated rings. The summed E-state index contributed by atoms with van der Waals surface area (Å²) in [4.78, 5) is 22.7. The molecule has 4 atom stereocenters. The minimum atomic E-state index is -4.50. The van der Waals surface area contributed by atoms with Crippen LogP contribution in [-0.4, -0.2) is 45.9 Å². The Hall–Kier alpha value is -2.65. The average Bonchev–Trinajstić information content (AvgIpc) is 2.99. The fraction of sp³-hybridized carbons (Fsp3) is 0.478. The average molecular weight is 456 g/mol. The Morgan fingerprint density at radius 3 is 2.72 bits per heavy atom. The zero-order valence-corrected chi connectivity index (χ0v) is 17.4. The number of Topliss-reactive ketones (excluding diaryl/α,β-unsaturated/α-hetero) is 1. The summed E-state index contributed by atoms with van der Waals surface area (Å²) in [5, 5.41) is 28.9. The van der Waals surface area contributed by atoms with Crippen LogP contribution in [0.1, 0.15) is 37.7 Å². The number of aliphatic carboxylic acids is 1. The predicted molar refractivity (Wildman–Crippen MR) is 110 cm³/mol. The van der Waals surface area contributed by atoms with Gasteiger partial charge in [-0.2, -0.15) is 13.2 Å². The second-order valence-electron chi connectivity index (χ2n) is 7.70. The van der Waals surface area contributed by atoms with E-state index in [2.05, 4.69) is 0 Å². The Bertz CT molecular complexity index is 833. The van der Waals surface area contributed by atoms with Crippen LogP contribution in [0.2, 0.25) is 0 Å². The molecule has 1 aliphatic carbocycles. The summed E-state index contributed by atoms with van der Waals surface area (Å²) < 4.78 is 43.5. The number of allylic oxidation sites excluding steroid dienone is 2. The van der Waals surface area contributed by atoms with E-state index in [1.165, 1.54) is 18.2 Å². The van der Waals surface area contributed by atoms with Gasteiger partial charge in [-0.1, -0.05) is 30.4 Å². The van der Waals surface area contributed by atoms with Gasteiger partial charge in [0.15, 0.2) is 0 Å². The number of unbranched alkanes of at least 4 members (excludes halogenated alkanes) is 1. The molecular formula is C23H27F3O6. The van der Waals surface area contributed by atoms with Crippen LogP contribution in [0.4, 0.5) is 13.2 Å². The van der Waals surface area contributed by atoms with Crippen LogP contribution in [0, 0.1) is 11.8 Å². The van der Waals surface area contributed by atoms with Crippen LogP contribution in [-0.2, 0) is 15.8 Å². The first kappa shape index (κ1) is 25.6. The van der Waals surface area contributed by atoms with Crippen molar-refractivity contribution in [2.45, 2.75) is 50.5 Å². The second kappa shape index (κ2) is 11.8. The molecule has 0 aromatic heterocycles. The van der Waals surface area contributed by atoms with Crippen molar-refractivity contribution in [1.29, 1.82) is 0 Å². The molecule has 0 aliphatic heterocycles. The van der Waals surface area contributed by atoms with Crippen molar-refractivity contribution >= 4 is 11.8 Å². The number of carboxylic acids is 1. The quantitative estimate of drug-likeness (QED) is 0.346. The van der Waals surface area contributed by atoms with Crippen molar-refractivity contribution in [3.8, 4) is 5.75 Å². The molecule has 32 heavy (non-hydrogen) atoms. The molecule has 1 aliphatic rings. The van der Waals surface area contributed by atoms with Gasteiger partial charge < -0.3 is 20.1 Å². The van der Waals surface area contributed by atoms with E-state index >= 15 is 0 Å². The summed E-state index contributed by atoms with van der Waals surface area (Å²) in [6.07, 6.45) is 1.49. The lowest BCUT2D eigenvalue weighted by Gasteiger charge is -2.17. The number of carboxylic acid groups (broad SMARTS) is 1. The number of carbonyl (C=O) groups is 2. The highest BCUT2D eigenvalue weighted by Crippen LogP contribution is 2.34. The Balaban J connectivity index is 1.88. The summed E-state index contributed by atoms with van der Waals surface area (Å²) in [6.45, 7) is -0.289. The Morgan fingerprint density at radius 2 is 2.03 bits per heavy atom. The van der Waals surface area contributed by atoms with Gasteiger partial charge in [0.2, 0.25) is 0 Å². The lowest BCUT2D eigenvalue weighted by Crippen LogP contribution is -2.20. The van der Waals surface area contributed by atoms with Crippen LogP contribution in [0.25, 0.3) is 0 Å². The molecule has 0 unspecified atom stereocenters. The molecule has 0 spiro atoms. The fourth-order valence-electron chi connectivity index (χ4n) is 3.52. The number of ketones is 1. The summed E-state index contributed by atoms with van der Waals surface area (Å²) in [7, 11) is 0. The van der Waals surface area contributed by atoms with E-state index < -0.39 is 41.8 Å². The first-order valence-corrected chi connectivity index (χ1v) is 10.3. The van der Waals surface area contributed by atoms with Crippen molar-refractivity contribution < 1.29 is 42.8 Å². The van der Waals surface area contributed by atoms with Crippen LogP contribution in [0.3, 0.4) is 0 Å². The van der Waals surface area contributed by atoms with Gasteiger partial charge in [0.1, 0.15) is 24.2 Å². The van der Waals surface area contributed by atoms with Crippen molar-refractivity contribution in [2.75, 3.05) is 6.61 Å². The number of alkyl halides is 3. The Labute approximate surface area is 184 Å². The standard InChI is InChI=1S/C23H27F3O6/c24-23(25,26)15-6-5-7-17(12-15)32-14-16(27)10-11-19-18(20(28)13-21(19)29)8-3-1-2-4-9-22(30)31/h1,3,5-7,10-12,16,18-19,21,27,29H,2,4,8-9,13-14H2,(H,30,31)/b3-1-,11-10+/t16-,18-,19-,21-/m1/s1. The molecular weight excluding hydrogens is 429 g/mol. The molecule has 1 aromatic rings. The summed E-state index contributed by atoms with van der Waals surface area (Å²) in [5.74, 6) is -1.97. The highest BCUT2D eigenvalue weighted by molar-refractivity contribution is 5.84. The molecule has 3 N–H and O–H groups in total. The number of halogens is 3. The first-order valence-electron chi connectivity index (χ1n) is 10.3. The van der Waals surface area contributed by atoms with Crippen LogP contribution in [0.5, 0.6) is 5.75 Å². The van der Waals surface area contributed by atoms with Crippen molar-refractivity contribution in [3.63, 3.8) is 0 Å². The molecule has 1 saturated carbocycles. The Morgan fingerprint density at radius 1 is 1.28 bits per heavy atom. The fourth-order valence-corrected chi connectivity index (χ4v) is 3.52. The molecule has 0 amide bonds. The van der Waals surface area contributed by atoms with Gasteiger partial charge in [-0.3, -0.25) is 9.59 Å². The van der Waals surface area contributed by atoms with Gasteiger partial charge in [0.05, 0.1) is 11.7 Å². The summed E-state index contributed by atoms with van der Waals surface area (Å²) >= 11 is 0. The van der Waals surface area contributed by atoms with Gasteiger partial charge in [0.25, 0.3) is 0 Å². The highest BCUT2D eigenvalue weighted by atomic mass is 19.4. The number of aliphatic hydroxyl groups is 2. The molecule has 176 valence electrons. The number of hydrogen-bond acceptors (Lipinski definition) is 5. The predicted octanol–water partition coefficient (Wildman–Crippen LogP) is 3.77. The topological polar surface area (TPSA) is 104 Å². The lowest BCUT2D eigenvalue weighted by molar-refractivity contribution is -0.138. The molecule has 9 heteroatoms. The van der Waals surface area contributed by atoms with Crippen molar-refractivity contribution in [1.82, 2.24) is 0 Å². The maximum atomic E-state index is 12.8. The zero-order valence-electron chi connectivity index (χ0n) is 17.4. The minimum absolute atomic E-state index is 0.00333. The number of rotatable bonds is 11. The maximum absolute atomic E-state index is 12.8. The van der Waals surface area contributed by atoms with E-state index in [4.69, 9.17) is 9.84 Å². The van der Waals surface area contributed by atoms with E-state index in [-0.39, 0.29) is 31.0 Å². The number of ether oxygens (including phenoxy) is 1. The number of benzene rings is 1. The monoisotopic (exact) mass is 456 g/mol. The molecule has 1 aromatic carbocycles. The van der Waals surface area contributed by atoms with Gasteiger partial charge in [0, 0.05) is 24.7 Å². The molecule has 0 saturated heterocycles. The van der Waals surface area contributed by atoms with Crippen molar-refractivity contribution in [2.24, 2.45) is 11.8 Å². The minimum Gasteiger partial charge on any atom is -0.491 e. The van der Waals surface area contributed by atoms with Crippen LogP contribution >= 0.6 is 0 Å².